The zero-order valence-electron chi connectivity index (χ0n) is 12.1. The lowest BCUT2D eigenvalue weighted by molar-refractivity contribution is 0.452. The number of aromatic nitrogens is 4. The molecule has 0 spiro atoms. The van der Waals surface area contributed by atoms with Crippen LogP contribution >= 0.6 is 11.6 Å². The van der Waals surface area contributed by atoms with Gasteiger partial charge in [-0.1, -0.05) is 30.7 Å². The average Bonchev–Trinajstić information content (AvgIpc) is 3.03. The van der Waals surface area contributed by atoms with Crippen LogP contribution in [0.5, 0.6) is 0 Å². The van der Waals surface area contributed by atoms with E-state index in [4.69, 9.17) is 11.6 Å². The van der Waals surface area contributed by atoms with Gasteiger partial charge in [-0.05, 0) is 18.7 Å². The van der Waals surface area contributed by atoms with Crippen LogP contribution in [0.4, 0.5) is 0 Å². The molecule has 3 aromatic rings. The van der Waals surface area contributed by atoms with Gasteiger partial charge in [-0.25, -0.2) is 4.98 Å². The molecule has 0 saturated carbocycles. The lowest BCUT2D eigenvalue weighted by atomic mass is 10.2. The van der Waals surface area contributed by atoms with Gasteiger partial charge < -0.3 is 9.88 Å². The molecule has 110 valence electrons. The number of halogens is 1. The number of hydrogen-bond donors (Lipinski definition) is 1. The van der Waals surface area contributed by atoms with E-state index in [1.807, 2.05) is 36.3 Å². The Balaban J connectivity index is 1.96. The molecule has 0 bridgehead atoms. The van der Waals surface area contributed by atoms with E-state index in [-0.39, 0.29) is 6.04 Å². The van der Waals surface area contributed by atoms with Crippen molar-refractivity contribution in [1.82, 2.24) is 24.6 Å². The Morgan fingerprint density at radius 1 is 1.33 bits per heavy atom. The minimum Gasteiger partial charge on any atom is -0.329 e. The number of rotatable bonds is 5. The van der Waals surface area contributed by atoms with Crippen LogP contribution in [-0.4, -0.2) is 25.9 Å². The second-order valence-electron chi connectivity index (χ2n) is 5.00. The number of nitrogens with zero attached hydrogens (tertiary/aromatic N) is 4. The zero-order valence-corrected chi connectivity index (χ0v) is 12.9. The fraction of sp³-hybridized carbons (Fsp3) is 0.333. The van der Waals surface area contributed by atoms with Crippen molar-refractivity contribution in [2.75, 3.05) is 6.54 Å². The van der Waals surface area contributed by atoms with E-state index in [0.29, 0.717) is 5.02 Å². The van der Waals surface area contributed by atoms with Crippen molar-refractivity contribution in [3.8, 4) is 0 Å². The molecule has 1 atom stereocenters. The van der Waals surface area contributed by atoms with E-state index in [1.54, 1.807) is 6.20 Å². The number of imidazole rings is 1. The maximum atomic E-state index is 6.29. The number of hydrogen-bond acceptors (Lipinski definition) is 3. The Hall–Kier alpha value is -1.85. The Morgan fingerprint density at radius 2 is 2.14 bits per heavy atom. The fourth-order valence-electron chi connectivity index (χ4n) is 2.66. The molecule has 3 rings (SSSR count). The third kappa shape index (κ3) is 2.66. The standard InChI is InChI=1S/C15H18ClN5/c1-3-17-13(15-11(16)8-19-20(15)2)9-21-10-18-12-6-4-5-7-14(12)21/h4-8,10,13,17H,3,9H2,1-2H3. The first-order chi connectivity index (χ1) is 10.2. The number of benzene rings is 1. The van der Waals surface area contributed by atoms with E-state index >= 15 is 0 Å². The highest BCUT2D eigenvalue weighted by Crippen LogP contribution is 2.24. The van der Waals surface area contributed by atoms with Crippen molar-refractivity contribution >= 4 is 22.6 Å². The molecule has 0 radical (unpaired) electrons. The van der Waals surface area contributed by atoms with Crippen LogP contribution in [0.25, 0.3) is 11.0 Å². The zero-order chi connectivity index (χ0) is 14.8. The largest absolute Gasteiger partial charge is 0.329 e. The number of aryl methyl sites for hydroxylation is 1. The Kier molecular flexibility index (Phi) is 3.94. The van der Waals surface area contributed by atoms with E-state index in [0.717, 1.165) is 29.8 Å². The van der Waals surface area contributed by atoms with Crippen LogP contribution in [0, 0.1) is 0 Å². The first-order valence-corrected chi connectivity index (χ1v) is 7.39. The highest BCUT2D eigenvalue weighted by Gasteiger charge is 2.19. The van der Waals surface area contributed by atoms with E-state index in [1.165, 1.54) is 0 Å². The fourth-order valence-corrected chi connectivity index (χ4v) is 2.96. The normalized spacial score (nSPS) is 12.9. The smallest absolute Gasteiger partial charge is 0.0958 e. The first kappa shape index (κ1) is 14.1. The highest BCUT2D eigenvalue weighted by molar-refractivity contribution is 6.31. The predicted octanol–water partition coefficient (Wildman–Crippen LogP) is 2.77. The molecule has 0 aliphatic carbocycles. The minimum absolute atomic E-state index is 0.0904. The summed E-state index contributed by atoms with van der Waals surface area (Å²) in [7, 11) is 1.91. The summed E-state index contributed by atoms with van der Waals surface area (Å²) in [6.45, 7) is 3.70. The summed E-state index contributed by atoms with van der Waals surface area (Å²) < 4.78 is 3.97. The predicted molar refractivity (Wildman–Crippen MR) is 84.4 cm³/mol. The molecule has 0 aliphatic rings. The quantitative estimate of drug-likeness (QED) is 0.788. The second-order valence-corrected chi connectivity index (χ2v) is 5.40. The average molecular weight is 304 g/mol. The topological polar surface area (TPSA) is 47.7 Å². The van der Waals surface area contributed by atoms with Crippen LogP contribution in [0.1, 0.15) is 18.7 Å². The molecule has 5 nitrogen and oxygen atoms in total. The minimum atomic E-state index is 0.0904. The van der Waals surface area contributed by atoms with Crippen molar-refractivity contribution in [2.45, 2.75) is 19.5 Å². The molecule has 0 fully saturated rings. The molecule has 1 N–H and O–H groups in total. The molecular formula is C15H18ClN5. The SMILES string of the molecule is CCNC(Cn1cnc2ccccc21)c1c(Cl)cnn1C. The summed E-state index contributed by atoms with van der Waals surface area (Å²) in [5.74, 6) is 0. The third-order valence-electron chi connectivity index (χ3n) is 3.62. The van der Waals surface area contributed by atoms with Gasteiger partial charge in [0.25, 0.3) is 0 Å². The number of para-hydroxylation sites is 2. The van der Waals surface area contributed by atoms with E-state index < -0.39 is 0 Å². The Bertz CT molecular complexity index is 726. The van der Waals surface area contributed by atoms with E-state index in [2.05, 4.69) is 33.0 Å². The molecule has 1 unspecified atom stereocenters. The Labute approximate surface area is 128 Å². The second kappa shape index (κ2) is 5.87. The van der Waals surface area contributed by atoms with Gasteiger partial charge in [-0.3, -0.25) is 4.68 Å². The molecule has 1 aromatic carbocycles. The monoisotopic (exact) mass is 303 g/mol. The van der Waals surface area contributed by atoms with Gasteiger partial charge in [0.1, 0.15) is 0 Å². The van der Waals surface area contributed by atoms with Crippen LogP contribution in [0.2, 0.25) is 5.02 Å². The van der Waals surface area contributed by atoms with Crippen molar-refractivity contribution in [1.29, 1.82) is 0 Å². The summed E-state index contributed by atoms with van der Waals surface area (Å²) in [5.41, 5.74) is 3.12. The highest BCUT2D eigenvalue weighted by atomic mass is 35.5. The summed E-state index contributed by atoms with van der Waals surface area (Å²) >= 11 is 6.29. The molecule has 21 heavy (non-hydrogen) atoms. The molecule has 2 aromatic heterocycles. The number of fused-ring (bicyclic) bond motifs is 1. The van der Waals surface area contributed by atoms with Gasteiger partial charge in [-0.2, -0.15) is 5.10 Å². The summed E-state index contributed by atoms with van der Waals surface area (Å²) in [4.78, 5) is 4.44. The van der Waals surface area contributed by atoms with Crippen molar-refractivity contribution < 1.29 is 0 Å². The van der Waals surface area contributed by atoms with Gasteiger partial charge in [-0.15, -0.1) is 0 Å². The van der Waals surface area contributed by atoms with Gasteiger partial charge in [0.2, 0.25) is 0 Å². The molecule has 0 aliphatic heterocycles. The number of nitrogens with one attached hydrogen (secondary N) is 1. The van der Waals surface area contributed by atoms with Gasteiger partial charge in [0.15, 0.2) is 0 Å². The van der Waals surface area contributed by atoms with Crippen molar-refractivity contribution in [3.63, 3.8) is 0 Å². The summed E-state index contributed by atoms with van der Waals surface area (Å²) in [6, 6.07) is 8.22. The summed E-state index contributed by atoms with van der Waals surface area (Å²) in [6.07, 6.45) is 3.56. The maximum absolute atomic E-state index is 6.29. The van der Waals surface area contributed by atoms with Crippen molar-refractivity contribution in [2.24, 2.45) is 7.05 Å². The third-order valence-corrected chi connectivity index (χ3v) is 3.92. The van der Waals surface area contributed by atoms with Crippen LogP contribution < -0.4 is 5.32 Å². The molecule has 0 saturated heterocycles. The summed E-state index contributed by atoms with van der Waals surface area (Å²) in [5, 5.41) is 8.39. The molecular weight excluding hydrogens is 286 g/mol. The van der Waals surface area contributed by atoms with Crippen LogP contribution in [-0.2, 0) is 13.6 Å². The lowest BCUT2D eigenvalue weighted by Crippen LogP contribution is -2.27. The molecule has 6 heteroatoms. The molecule has 2 heterocycles. The first-order valence-electron chi connectivity index (χ1n) is 7.01. The van der Waals surface area contributed by atoms with Crippen LogP contribution in [0.15, 0.2) is 36.8 Å². The van der Waals surface area contributed by atoms with Gasteiger partial charge in [0, 0.05) is 13.6 Å². The van der Waals surface area contributed by atoms with Gasteiger partial charge >= 0.3 is 0 Å². The van der Waals surface area contributed by atoms with Crippen molar-refractivity contribution in [3.05, 3.63) is 47.5 Å². The lowest BCUT2D eigenvalue weighted by Gasteiger charge is -2.19. The maximum Gasteiger partial charge on any atom is 0.0958 e. The van der Waals surface area contributed by atoms with Gasteiger partial charge in [0.05, 0.1) is 40.3 Å². The molecule has 0 amide bonds. The number of likely N-dealkylation sites (N-methyl/N-ethyl adjacent to an activating group) is 1. The van der Waals surface area contributed by atoms with E-state index in [9.17, 15) is 0 Å². The van der Waals surface area contributed by atoms with Crippen LogP contribution in [0.3, 0.4) is 0 Å². The Morgan fingerprint density at radius 3 is 2.86 bits per heavy atom.